The predicted octanol–water partition coefficient (Wildman–Crippen LogP) is 8.96. The lowest BCUT2D eigenvalue weighted by molar-refractivity contribution is 0.0621. The summed E-state index contributed by atoms with van der Waals surface area (Å²) < 4.78 is 0. The maximum absolute atomic E-state index is 12.9. The van der Waals surface area contributed by atoms with Gasteiger partial charge in [-0.05, 0) is 30.9 Å². The third-order valence-electron chi connectivity index (χ3n) is 7.25. The molecular formula is C30H49NO2. The molecule has 0 radical (unpaired) electrons. The van der Waals surface area contributed by atoms with Crippen molar-refractivity contribution in [1.29, 1.82) is 0 Å². The lowest BCUT2D eigenvalue weighted by atomic mass is 9.93. The molecule has 2 rings (SSSR count). The smallest absolute Gasteiger partial charge is 0.261 e. The summed E-state index contributed by atoms with van der Waals surface area (Å²) in [7, 11) is 0. The van der Waals surface area contributed by atoms with Crippen LogP contribution in [-0.4, -0.2) is 23.3 Å². The molecular weight excluding hydrogens is 406 g/mol. The van der Waals surface area contributed by atoms with E-state index in [1.165, 1.54) is 108 Å². The molecule has 1 aliphatic heterocycles. The van der Waals surface area contributed by atoms with Crippen molar-refractivity contribution in [3.05, 3.63) is 35.4 Å². The highest BCUT2D eigenvalue weighted by molar-refractivity contribution is 6.21. The number of rotatable bonds is 20. The first-order valence-electron chi connectivity index (χ1n) is 14.1. The zero-order valence-electron chi connectivity index (χ0n) is 21.6. The summed E-state index contributed by atoms with van der Waals surface area (Å²) in [6.45, 7) is 5.13. The van der Waals surface area contributed by atoms with Crippen LogP contribution in [0.25, 0.3) is 0 Å². The van der Waals surface area contributed by atoms with Crippen LogP contribution in [0.3, 0.4) is 0 Å². The Morgan fingerprint density at radius 3 is 1.33 bits per heavy atom. The van der Waals surface area contributed by atoms with Crippen molar-refractivity contribution in [3.63, 3.8) is 0 Å². The largest absolute Gasteiger partial charge is 0.274 e. The number of amides is 2. The van der Waals surface area contributed by atoms with Gasteiger partial charge >= 0.3 is 0 Å². The zero-order valence-corrected chi connectivity index (χ0v) is 21.6. The molecule has 3 nitrogen and oxygen atoms in total. The van der Waals surface area contributed by atoms with Crippen LogP contribution in [0, 0.1) is 5.92 Å². The second-order valence-corrected chi connectivity index (χ2v) is 10.2. The van der Waals surface area contributed by atoms with Gasteiger partial charge < -0.3 is 0 Å². The fraction of sp³-hybridized carbons (Fsp3) is 0.733. The molecule has 33 heavy (non-hydrogen) atoms. The second-order valence-electron chi connectivity index (χ2n) is 10.2. The van der Waals surface area contributed by atoms with Crippen molar-refractivity contribution in [2.75, 3.05) is 6.54 Å². The van der Waals surface area contributed by atoms with Gasteiger partial charge in [-0.3, -0.25) is 14.5 Å². The Labute approximate surface area is 203 Å². The van der Waals surface area contributed by atoms with E-state index in [1.807, 2.05) is 12.1 Å². The van der Waals surface area contributed by atoms with Gasteiger partial charge in [-0.2, -0.15) is 0 Å². The van der Waals surface area contributed by atoms with E-state index in [-0.39, 0.29) is 11.8 Å². The Balaban J connectivity index is 1.77. The summed E-state index contributed by atoms with van der Waals surface area (Å²) in [6.07, 6.45) is 23.4. The first-order chi connectivity index (χ1) is 16.2. The molecule has 0 saturated heterocycles. The topological polar surface area (TPSA) is 37.4 Å². The molecule has 1 aromatic carbocycles. The van der Waals surface area contributed by atoms with Gasteiger partial charge in [0.1, 0.15) is 0 Å². The molecule has 3 heteroatoms. The average molecular weight is 456 g/mol. The molecule has 1 aromatic rings. The van der Waals surface area contributed by atoms with Crippen LogP contribution < -0.4 is 0 Å². The van der Waals surface area contributed by atoms with Crippen LogP contribution in [0.2, 0.25) is 0 Å². The second kappa shape index (κ2) is 16.9. The summed E-state index contributed by atoms with van der Waals surface area (Å²) in [6, 6.07) is 7.29. The maximum Gasteiger partial charge on any atom is 0.261 e. The van der Waals surface area contributed by atoms with Crippen LogP contribution in [0.4, 0.5) is 0 Å². The van der Waals surface area contributed by atoms with Crippen LogP contribution in [0.1, 0.15) is 150 Å². The molecule has 0 fully saturated rings. The molecule has 0 bridgehead atoms. The average Bonchev–Trinajstić information content (AvgIpc) is 3.07. The highest BCUT2D eigenvalue weighted by Crippen LogP contribution is 2.27. The molecule has 0 aromatic heterocycles. The molecule has 0 N–H and O–H groups in total. The van der Waals surface area contributed by atoms with Gasteiger partial charge in [0, 0.05) is 6.54 Å². The van der Waals surface area contributed by atoms with Crippen LogP contribution in [0.5, 0.6) is 0 Å². The summed E-state index contributed by atoms with van der Waals surface area (Å²) >= 11 is 0. The Bertz CT molecular complexity index is 629. The normalized spacial score (nSPS) is 13.4. The van der Waals surface area contributed by atoms with Crippen molar-refractivity contribution in [2.24, 2.45) is 5.92 Å². The molecule has 0 spiro atoms. The van der Waals surface area contributed by atoms with Crippen LogP contribution >= 0.6 is 0 Å². The number of nitrogens with zero attached hydrogens (tertiary/aromatic N) is 1. The monoisotopic (exact) mass is 455 g/mol. The summed E-state index contributed by atoms with van der Waals surface area (Å²) in [5.41, 5.74) is 1.17. The van der Waals surface area contributed by atoms with Gasteiger partial charge in [0.15, 0.2) is 0 Å². The number of benzene rings is 1. The Hall–Kier alpha value is -1.64. The minimum atomic E-state index is -0.0903. The highest BCUT2D eigenvalue weighted by Gasteiger charge is 2.36. The molecule has 0 aliphatic carbocycles. The quantitative estimate of drug-likeness (QED) is 0.145. The van der Waals surface area contributed by atoms with E-state index < -0.39 is 0 Å². The fourth-order valence-electron chi connectivity index (χ4n) is 5.12. The van der Waals surface area contributed by atoms with E-state index in [4.69, 9.17) is 0 Å². The van der Waals surface area contributed by atoms with Crippen molar-refractivity contribution in [1.82, 2.24) is 4.90 Å². The minimum absolute atomic E-state index is 0.0903. The van der Waals surface area contributed by atoms with Gasteiger partial charge in [0.25, 0.3) is 11.8 Å². The van der Waals surface area contributed by atoms with Gasteiger partial charge in [0.05, 0.1) is 11.1 Å². The molecule has 0 unspecified atom stereocenters. The van der Waals surface area contributed by atoms with E-state index in [1.54, 1.807) is 12.1 Å². The highest BCUT2D eigenvalue weighted by atomic mass is 16.2. The van der Waals surface area contributed by atoms with Gasteiger partial charge in [-0.25, -0.2) is 0 Å². The molecule has 0 saturated carbocycles. The van der Waals surface area contributed by atoms with Crippen molar-refractivity contribution >= 4 is 11.8 Å². The van der Waals surface area contributed by atoms with Crippen molar-refractivity contribution in [3.8, 4) is 0 Å². The molecule has 1 heterocycles. The number of carbonyl (C=O) groups excluding carboxylic acids is 2. The number of fused-ring (bicyclic) bond motifs is 1. The Morgan fingerprint density at radius 2 is 0.939 bits per heavy atom. The number of hydrogen-bond donors (Lipinski definition) is 0. The SMILES string of the molecule is CCCCCCCCCCC(CCCCCCCCCC)CN1C(=O)c2ccccc2C1=O. The first kappa shape index (κ1) is 27.6. The number of hydrogen-bond acceptors (Lipinski definition) is 2. The van der Waals surface area contributed by atoms with Crippen molar-refractivity contribution < 1.29 is 9.59 Å². The summed E-state index contributed by atoms with van der Waals surface area (Å²) in [5, 5.41) is 0. The fourth-order valence-corrected chi connectivity index (χ4v) is 5.12. The van der Waals surface area contributed by atoms with E-state index in [0.29, 0.717) is 23.6 Å². The van der Waals surface area contributed by atoms with Gasteiger partial charge in [0.2, 0.25) is 0 Å². The maximum atomic E-state index is 12.9. The van der Waals surface area contributed by atoms with E-state index in [9.17, 15) is 9.59 Å². The van der Waals surface area contributed by atoms with Crippen molar-refractivity contribution in [2.45, 2.75) is 129 Å². The first-order valence-corrected chi connectivity index (χ1v) is 14.1. The number of carbonyl (C=O) groups is 2. The van der Waals surface area contributed by atoms with Gasteiger partial charge in [-0.15, -0.1) is 0 Å². The van der Waals surface area contributed by atoms with E-state index in [0.717, 1.165) is 12.8 Å². The minimum Gasteiger partial charge on any atom is -0.274 e. The third kappa shape index (κ3) is 10.0. The number of unbranched alkanes of at least 4 members (excludes halogenated alkanes) is 14. The standard InChI is InChI=1S/C30H49NO2/c1-3-5-7-9-11-13-15-17-21-26(22-18-16-14-12-10-8-6-4-2)25-31-29(32)27-23-19-20-24-28(27)30(31)33/h19-20,23-24,26H,3-18,21-22,25H2,1-2H3. The lowest BCUT2D eigenvalue weighted by Gasteiger charge is -2.23. The molecule has 186 valence electrons. The third-order valence-corrected chi connectivity index (χ3v) is 7.25. The van der Waals surface area contributed by atoms with Crippen LogP contribution in [-0.2, 0) is 0 Å². The Morgan fingerprint density at radius 1 is 0.576 bits per heavy atom. The van der Waals surface area contributed by atoms with E-state index in [2.05, 4.69) is 13.8 Å². The van der Waals surface area contributed by atoms with Crippen LogP contribution in [0.15, 0.2) is 24.3 Å². The summed E-state index contributed by atoms with van der Waals surface area (Å²) in [5.74, 6) is 0.257. The number of imide groups is 1. The molecule has 1 aliphatic rings. The predicted molar refractivity (Wildman–Crippen MR) is 140 cm³/mol. The van der Waals surface area contributed by atoms with Gasteiger partial charge in [-0.1, -0.05) is 129 Å². The summed E-state index contributed by atoms with van der Waals surface area (Å²) in [4.78, 5) is 27.2. The Kier molecular flexibility index (Phi) is 14.1. The zero-order chi connectivity index (χ0) is 23.7. The lowest BCUT2D eigenvalue weighted by Crippen LogP contribution is -2.34. The van der Waals surface area contributed by atoms with E-state index >= 15 is 0 Å². The molecule has 0 atom stereocenters. The molecule has 2 amide bonds.